The molecule has 0 heterocycles. The molecule has 0 saturated heterocycles. The van der Waals surface area contributed by atoms with Gasteiger partial charge in [0.1, 0.15) is 6.54 Å². The second-order valence-corrected chi connectivity index (χ2v) is 3.52. The second kappa shape index (κ2) is 5.59. The van der Waals surface area contributed by atoms with E-state index in [4.69, 9.17) is 10.8 Å². The third-order valence-corrected chi connectivity index (χ3v) is 2.02. The van der Waals surface area contributed by atoms with Crippen LogP contribution in [0.3, 0.4) is 0 Å². The molecule has 14 heavy (non-hydrogen) atoms. The van der Waals surface area contributed by atoms with E-state index in [0.29, 0.717) is 6.54 Å². The summed E-state index contributed by atoms with van der Waals surface area (Å²) < 4.78 is 0. The van der Waals surface area contributed by atoms with E-state index in [1.54, 1.807) is 6.92 Å². The summed E-state index contributed by atoms with van der Waals surface area (Å²) in [6.07, 6.45) is 0. The molecule has 3 N–H and O–H groups in total. The summed E-state index contributed by atoms with van der Waals surface area (Å²) in [7, 11) is 0. The number of hydrogen-bond acceptors (Lipinski definition) is 3. The van der Waals surface area contributed by atoms with E-state index >= 15 is 0 Å². The maximum atomic E-state index is 11.6. The SMILES string of the molecule is CCN(CC(=O)O)C(=O)C(N)C(C)C. The highest BCUT2D eigenvalue weighted by Gasteiger charge is 2.23. The van der Waals surface area contributed by atoms with Crippen LogP contribution in [0, 0.1) is 5.92 Å². The van der Waals surface area contributed by atoms with Gasteiger partial charge in [0, 0.05) is 6.54 Å². The van der Waals surface area contributed by atoms with Gasteiger partial charge < -0.3 is 15.7 Å². The standard InChI is InChI=1S/C9H18N2O3/c1-4-11(5-7(12)13)9(14)8(10)6(2)3/h6,8H,4-5,10H2,1-3H3,(H,12,13). The van der Waals surface area contributed by atoms with Crippen molar-refractivity contribution >= 4 is 11.9 Å². The molecule has 0 aromatic rings. The number of carbonyl (C=O) groups excluding carboxylic acids is 1. The Bertz CT molecular complexity index is 216. The Kier molecular flexibility index (Phi) is 5.15. The number of nitrogens with zero attached hydrogens (tertiary/aromatic N) is 1. The fourth-order valence-corrected chi connectivity index (χ4v) is 1.00. The quantitative estimate of drug-likeness (QED) is 0.652. The van der Waals surface area contributed by atoms with Gasteiger partial charge in [0.2, 0.25) is 5.91 Å². The molecule has 0 radical (unpaired) electrons. The van der Waals surface area contributed by atoms with Crippen LogP contribution >= 0.6 is 0 Å². The van der Waals surface area contributed by atoms with Gasteiger partial charge in [0.25, 0.3) is 0 Å². The highest BCUT2D eigenvalue weighted by Crippen LogP contribution is 2.03. The highest BCUT2D eigenvalue weighted by molar-refractivity contribution is 5.85. The van der Waals surface area contributed by atoms with Crippen LogP contribution < -0.4 is 5.73 Å². The molecule has 5 heteroatoms. The van der Waals surface area contributed by atoms with Crippen molar-refractivity contribution in [1.29, 1.82) is 0 Å². The molecule has 0 aromatic carbocycles. The van der Waals surface area contributed by atoms with Gasteiger partial charge in [-0.1, -0.05) is 13.8 Å². The van der Waals surface area contributed by atoms with Crippen molar-refractivity contribution in [3.05, 3.63) is 0 Å². The van der Waals surface area contributed by atoms with Crippen molar-refractivity contribution < 1.29 is 14.7 Å². The van der Waals surface area contributed by atoms with E-state index in [9.17, 15) is 9.59 Å². The van der Waals surface area contributed by atoms with Crippen LogP contribution in [0.15, 0.2) is 0 Å². The van der Waals surface area contributed by atoms with E-state index in [2.05, 4.69) is 0 Å². The van der Waals surface area contributed by atoms with E-state index in [0.717, 1.165) is 0 Å². The summed E-state index contributed by atoms with van der Waals surface area (Å²) in [6.45, 7) is 5.48. The van der Waals surface area contributed by atoms with Gasteiger partial charge in [-0.3, -0.25) is 9.59 Å². The van der Waals surface area contributed by atoms with Crippen molar-refractivity contribution in [3.8, 4) is 0 Å². The minimum Gasteiger partial charge on any atom is -0.480 e. The van der Waals surface area contributed by atoms with Crippen LogP contribution in [-0.2, 0) is 9.59 Å². The number of hydrogen-bond donors (Lipinski definition) is 2. The number of aliphatic carboxylic acids is 1. The van der Waals surface area contributed by atoms with Gasteiger partial charge in [-0.15, -0.1) is 0 Å². The lowest BCUT2D eigenvalue weighted by Crippen LogP contribution is -2.48. The molecule has 0 aliphatic rings. The zero-order valence-electron chi connectivity index (χ0n) is 8.86. The summed E-state index contributed by atoms with van der Waals surface area (Å²) in [5.74, 6) is -1.30. The number of rotatable bonds is 5. The second-order valence-electron chi connectivity index (χ2n) is 3.52. The zero-order valence-corrected chi connectivity index (χ0v) is 8.86. The molecule has 0 fully saturated rings. The van der Waals surface area contributed by atoms with E-state index in [1.165, 1.54) is 4.90 Å². The fraction of sp³-hybridized carbons (Fsp3) is 0.778. The predicted octanol–water partition coefficient (Wildman–Crippen LogP) is -0.0972. The number of carboxylic acids is 1. The lowest BCUT2D eigenvalue weighted by Gasteiger charge is -2.24. The number of amides is 1. The molecule has 1 unspecified atom stereocenters. The van der Waals surface area contributed by atoms with Crippen molar-refractivity contribution in [1.82, 2.24) is 4.90 Å². The monoisotopic (exact) mass is 202 g/mol. The van der Waals surface area contributed by atoms with Crippen molar-refractivity contribution in [2.75, 3.05) is 13.1 Å². The Balaban J connectivity index is 4.38. The molecular weight excluding hydrogens is 184 g/mol. The van der Waals surface area contributed by atoms with Gasteiger partial charge in [-0.2, -0.15) is 0 Å². The Morgan fingerprint density at radius 2 is 1.93 bits per heavy atom. The third kappa shape index (κ3) is 3.74. The first-order chi connectivity index (χ1) is 6.40. The number of carboxylic acid groups (broad SMARTS) is 1. The number of carbonyl (C=O) groups is 2. The fourth-order valence-electron chi connectivity index (χ4n) is 1.00. The molecule has 0 spiro atoms. The molecule has 0 rings (SSSR count). The van der Waals surface area contributed by atoms with Gasteiger partial charge in [0.15, 0.2) is 0 Å². The van der Waals surface area contributed by atoms with Crippen LogP contribution in [0.5, 0.6) is 0 Å². The Labute approximate surface area is 83.9 Å². The lowest BCUT2D eigenvalue weighted by molar-refractivity contribution is -0.145. The third-order valence-electron chi connectivity index (χ3n) is 2.02. The molecule has 0 aliphatic heterocycles. The van der Waals surface area contributed by atoms with Crippen LogP contribution in [0.2, 0.25) is 0 Å². The van der Waals surface area contributed by atoms with Crippen molar-refractivity contribution in [3.63, 3.8) is 0 Å². The number of likely N-dealkylation sites (N-methyl/N-ethyl adjacent to an activating group) is 1. The maximum absolute atomic E-state index is 11.6. The average molecular weight is 202 g/mol. The molecule has 5 nitrogen and oxygen atoms in total. The highest BCUT2D eigenvalue weighted by atomic mass is 16.4. The molecule has 1 atom stereocenters. The molecule has 1 amide bonds. The predicted molar refractivity (Wildman–Crippen MR) is 52.7 cm³/mol. The van der Waals surface area contributed by atoms with Crippen LogP contribution in [0.25, 0.3) is 0 Å². The molecular formula is C9H18N2O3. The largest absolute Gasteiger partial charge is 0.480 e. The van der Waals surface area contributed by atoms with Crippen molar-refractivity contribution in [2.24, 2.45) is 11.7 Å². The first-order valence-electron chi connectivity index (χ1n) is 4.66. The molecule has 0 saturated carbocycles. The Morgan fingerprint density at radius 3 is 2.21 bits per heavy atom. The lowest BCUT2D eigenvalue weighted by atomic mass is 10.0. The molecule has 0 aromatic heterocycles. The van der Waals surface area contributed by atoms with E-state index in [1.807, 2.05) is 13.8 Å². The summed E-state index contributed by atoms with van der Waals surface area (Å²) in [6, 6.07) is -0.616. The van der Waals surface area contributed by atoms with Gasteiger partial charge in [-0.25, -0.2) is 0 Å². The molecule has 0 aliphatic carbocycles. The van der Waals surface area contributed by atoms with Crippen LogP contribution in [-0.4, -0.2) is 41.0 Å². The Hall–Kier alpha value is -1.10. The number of nitrogens with two attached hydrogens (primary N) is 1. The normalized spacial score (nSPS) is 12.6. The van der Waals surface area contributed by atoms with Gasteiger partial charge in [0.05, 0.1) is 6.04 Å². The van der Waals surface area contributed by atoms with E-state index < -0.39 is 12.0 Å². The molecule has 0 bridgehead atoms. The Morgan fingerprint density at radius 1 is 1.43 bits per heavy atom. The zero-order chi connectivity index (χ0) is 11.3. The van der Waals surface area contributed by atoms with Gasteiger partial charge >= 0.3 is 5.97 Å². The van der Waals surface area contributed by atoms with Crippen LogP contribution in [0.1, 0.15) is 20.8 Å². The maximum Gasteiger partial charge on any atom is 0.323 e. The summed E-state index contributed by atoms with van der Waals surface area (Å²) in [5, 5.41) is 8.55. The first kappa shape index (κ1) is 12.9. The minimum atomic E-state index is -1.02. The topological polar surface area (TPSA) is 83.6 Å². The summed E-state index contributed by atoms with van der Waals surface area (Å²) >= 11 is 0. The first-order valence-corrected chi connectivity index (χ1v) is 4.66. The van der Waals surface area contributed by atoms with Crippen molar-refractivity contribution in [2.45, 2.75) is 26.8 Å². The summed E-state index contributed by atoms with van der Waals surface area (Å²) in [5.41, 5.74) is 5.63. The molecule has 82 valence electrons. The smallest absolute Gasteiger partial charge is 0.323 e. The minimum absolute atomic E-state index is 0.0188. The average Bonchev–Trinajstić information content (AvgIpc) is 2.11. The van der Waals surface area contributed by atoms with Crippen LogP contribution in [0.4, 0.5) is 0 Å². The summed E-state index contributed by atoms with van der Waals surface area (Å²) in [4.78, 5) is 23.3. The van der Waals surface area contributed by atoms with Gasteiger partial charge in [-0.05, 0) is 12.8 Å². The van der Waals surface area contributed by atoms with E-state index in [-0.39, 0.29) is 18.4 Å².